The van der Waals surface area contributed by atoms with Gasteiger partial charge >= 0.3 is 11.8 Å². The summed E-state index contributed by atoms with van der Waals surface area (Å²) in [4.78, 5) is 24.3. The number of sulfone groups is 1. The van der Waals surface area contributed by atoms with Gasteiger partial charge in [-0.15, -0.1) is 0 Å². The van der Waals surface area contributed by atoms with Crippen molar-refractivity contribution < 1.29 is 31.6 Å². The lowest BCUT2D eigenvalue weighted by Crippen LogP contribution is -2.42. The molecule has 0 spiro atoms. The minimum Gasteiger partial charge on any atom is -0.497 e. The summed E-state index contributed by atoms with van der Waals surface area (Å²) in [5.74, 6) is -1.83. The average molecular weight is 460 g/mol. The fraction of sp³-hybridized carbons (Fsp3) is 0.182. The molecule has 0 aliphatic heterocycles. The highest BCUT2D eigenvalue weighted by atomic mass is 32.2. The van der Waals surface area contributed by atoms with Gasteiger partial charge in [-0.25, -0.2) is 12.8 Å². The van der Waals surface area contributed by atoms with Gasteiger partial charge in [-0.05, 0) is 54.1 Å². The van der Waals surface area contributed by atoms with Crippen LogP contribution in [0.4, 0.5) is 4.39 Å². The van der Waals surface area contributed by atoms with E-state index in [0.717, 1.165) is 29.8 Å². The number of carbonyl (C=O) groups excluding carboxylic acids is 2. The molecule has 0 aliphatic rings. The number of hydrogen-bond donors (Lipinski definition) is 2. The molecule has 1 aromatic heterocycles. The first-order chi connectivity index (χ1) is 15.3. The van der Waals surface area contributed by atoms with E-state index in [1.807, 2.05) is 0 Å². The molecule has 10 heteroatoms. The zero-order valence-corrected chi connectivity index (χ0v) is 17.9. The number of carbonyl (C=O) groups is 2. The Labute approximate surface area is 184 Å². The Hall–Kier alpha value is -3.66. The standard InChI is InChI=1S/C22H21FN2O6S/c1-30-17-5-2-4-15(12-17)13-24-21(26)22(27)25-14-20(19-6-3-11-31-19)32(28,29)18-9-7-16(23)8-10-18/h2-12,20H,13-14H2,1H3,(H,24,26)(H,25,27). The van der Waals surface area contributed by atoms with Gasteiger partial charge in [0.05, 0.1) is 18.3 Å². The van der Waals surface area contributed by atoms with E-state index in [4.69, 9.17) is 9.15 Å². The Morgan fingerprint density at radius 3 is 2.41 bits per heavy atom. The second-order valence-corrected chi connectivity index (χ2v) is 8.88. The van der Waals surface area contributed by atoms with E-state index in [1.54, 1.807) is 24.3 Å². The first-order valence-electron chi connectivity index (χ1n) is 9.53. The van der Waals surface area contributed by atoms with Crippen molar-refractivity contribution in [3.8, 4) is 5.75 Å². The third-order valence-electron chi connectivity index (χ3n) is 4.62. The fourth-order valence-corrected chi connectivity index (χ4v) is 4.52. The molecule has 0 saturated carbocycles. The number of amides is 2. The highest BCUT2D eigenvalue weighted by molar-refractivity contribution is 7.91. The number of nitrogens with one attached hydrogen (secondary N) is 2. The van der Waals surface area contributed by atoms with Crippen LogP contribution in [0.3, 0.4) is 0 Å². The second-order valence-electron chi connectivity index (χ2n) is 6.75. The van der Waals surface area contributed by atoms with Gasteiger partial charge < -0.3 is 19.8 Å². The maximum absolute atomic E-state index is 13.2. The van der Waals surface area contributed by atoms with Crippen LogP contribution < -0.4 is 15.4 Å². The summed E-state index contributed by atoms with van der Waals surface area (Å²) in [5, 5.41) is 3.48. The maximum Gasteiger partial charge on any atom is 0.309 e. The van der Waals surface area contributed by atoms with Crippen molar-refractivity contribution in [1.82, 2.24) is 10.6 Å². The third kappa shape index (κ3) is 5.52. The summed E-state index contributed by atoms with van der Waals surface area (Å²) >= 11 is 0. The van der Waals surface area contributed by atoms with Crippen LogP contribution in [-0.4, -0.2) is 33.9 Å². The van der Waals surface area contributed by atoms with Crippen molar-refractivity contribution in [3.05, 3.63) is 84.1 Å². The Morgan fingerprint density at radius 2 is 1.75 bits per heavy atom. The monoisotopic (exact) mass is 460 g/mol. The largest absolute Gasteiger partial charge is 0.497 e. The molecule has 1 heterocycles. The van der Waals surface area contributed by atoms with Gasteiger partial charge in [-0.3, -0.25) is 9.59 Å². The molecule has 8 nitrogen and oxygen atoms in total. The van der Waals surface area contributed by atoms with Crippen LogP contribution in [0.1, 0.15) is 16.6 Å². The van der Waals surface area contributed by atoms with Gasteiger partial charge in [0.2, 0.25) is 0 Å². The topological polar surface area (TPSA) is 115 Å². The van der Waals surface area contributed by atoms with E-state index < -0.39 is 39.3 Å². The van der Waals surface area contributed by atoms with Crippen molar-refractivity contribution in [2.45, 2.75) is 16.7 Å². The number of hydrogen-bond acceptors (Lipinski definition) is 6. The van der Waals surface area contributed by atoms with Crippen molar-refractivity contribution in [1.29, 1.82) is 0 Å². The minimum absolute atomic E-state index is 0.0754. The molecular weight excluding hydrogens is 439 g/mol. The summed E-state index contributed by atoms with van der Waals surface area (Å²) < 4.78 is 49.6. The molecular formula is C22H21FN2O6S. The average Bonchev–Trinajstić information content (AvgIpc) is 3.32. The van der Waals surface area contributed by atoms with Gasteiger partial charge in [-0.2, -0.15) is 0 Å². The lowest BCUT2D eigenvalue weighted by Gasteiger charge is -2.16. The number of rotatable bonds is 8. The quantitative estimate of drug-likeness (QED) is 0.394. The van der Waals surface area contributed by atoms with E-state index in [2.05, 4.69) is 10.6 Å². The molecule has 1 unspecified atom stereocenters. The minimum atomic E-state index is -4.05. The van der Waals surface area contributed by atoms with E-state index in [0.29, 0.717) is 5.75 Å². The first-order valence-corrected chi connectivity index (χ1v) is 11.1. The smallest absolute Gasteiger partial charge is 0.309 e. The zero-order valence-electron chi connectivity index (χ0n) is 17.1. The fourth-order valence-electron chi connectivity index (χ4n) is 2.94. The van der Waals surface area contributed by atoms with Crippen molar-refractivity contribution >= 4 is 21.7 Å². The Bertz CT molecular complexity index is 1180. The molecule has 3 rings (SSSR count). The Kier molecular flexibility index (Phi) is 7.26. The molecule has 0 saturated heterocycles. The first kappa shape index (κ1) is 23.0. The lowest BCUT2D eigenvalue weighted by molar-refractivity contribution is -0.139. The summed E-state index contributed by atoms with van der Waals surface area (Å²) in [7, 11) is -2.53. The summed E-state index contributed by atoms with van der Waals surface area (Å²) in [5.41, 5.74) is 0.720. The predicted octanol–water partition coefficient (Wildman–Crippen LogP) is 2.37. The summed E-state index contributed by atoms with van der Waals surface area (Å²) in [6, 6.07) is 14.2. The number of ether oxygens (including phenoxy) is 1. The molecule has 2 amide bonds. The van der Waals surface area contributed by atoms with Gasteiger partial charge in [0.25, 0.3) is 0 Å². The molecule has 0 aliphatic carbocycles. The molecule has 2 N–H and O–H groups in total. The Morgan fingerprint density at radius 1 is 1.03 bits per heavy atom. The van der Waals surface area contributed by atoms with Crippen LogP contribution in [0.2, 0.25) is 0 Å². The van der Waals surface area contributed by atoms with Crippen molar-refractivity contribution in [3.63, 3.8) is 0 Å². The summed E-state index contributed by atoms with van der Waals surface area (Å²) in [6.45, 7) is -0.336. The molecule has 32 heavy (non-hydrogen) atoms. The molecule has 1 atom stereocenters. The van der Waals surface area contributed by atoms with E-state index in [1.165, 1.54) is 25.5 Å². The van der Waals surface area contributed by atoms with Crippen molar-refractivity contribution in [2.75, 3.05) is 13.7 Å². The normalized spacial score (nSPS) is 12.1. The summed E-state index contributed by atoms with van der Waals surface area (Å²) in [6.07, 6.45) is 1.30. The lowest BCUT2D eigenvalue weighted by atomic mass is 10.2. The number of furan rings is 1. The van der Waals surface area contributed by atoms with Gasteiger partial charge in [0, 0.05) is 13.1 Å². The highest BCUT2D eigenvalue weighted by Crippen LogP contribution is 2.29. The van der Waals surface area contributed by atoms with Crippen LogP contribution in [0.25, 0.3) is 0 Å². The van der Waals surface area contributed by atoms with Gasteiger partial charge in [0.1, 0.15) is 22.6 Å². The number of halogens is 1. The third-order valence-corrected chi connectivity index (χ3v) is 6.70. The van der Waals surface area contributed by atoms with E-state index >= 15 is 0 Å². The molecule has 0 radical (unpaired) electrons. The Balaban J connectivity index is 1.67. The van der Waals surface area contributed by atoms with Crippen LogP contribution in [0, 0.1) is 5.82 Å². The zero-order chi connectivity index (χ0) is 23.1. The highest BCUT2D eigenvalue weighted by Gasteiger charge is 2.32. The molecule has 0 fully saturated rings. The molecule has 168 valence electrons. The van der Waals surface area contributed by atoms with Crippen LogP contribution in [-0.2, 0) is 26.0 Å². The predicted molar refractivity (Wildman–Crippen MR) is 113 cm³/mol. The van der Waals surface area contributed by atoms with Gasteiger partial charge in [0.15, 0.2) is 9.84 Å². The molecule has 3 aromatic rings. The van der Waals surface area contributed by atoms with Gasteiger partial charge in [-0.1, -0.05) is 12.1 Å². The number of benzene rings is 2. The maximum atomic E-state index is 13.2. The van der Waals surface area contributed by atoms with E-state index in [-0.39, 0.29) is 17.2 Å². The number of methoxy groups -OCH3 is 1. The second kappa shape index (κ2) is 10.1. The van der Waals surface area contributed by atoms with Crippen molar-refractivity contribution in [2.24, 2.45) is 0 Å². The van der Waals surface area contributed by atoms with E-state index in [9.17, 15) is 22.4 Å². The molecule has 0 bridgehead atoms. The molecule has 2 aromatic carbocycles. The van der Waals surface area contributed by atoms with Crippen LogP contribution in [0.15, 0.2) is 76.2 Å². The SMILES string of the molecule is COc1cccc(CNC(=O)C(=O)NCC(c2ccco2)S(=O)(=O)c2ccc(F)cc2)c1. The van der Waals surface area contributed by atoms with Crippen LogP contribution in [0.5, 0.6) is 5.75 Å². The van der Waals surface area contributed by atoms with Crippen LogP contribution >= 0.6 is 0 Å².